The van der Waals surface area contributed by atoms with Crippen LogP contribution in [0.5, 0.6) is 0 Å². The zero-order chi connectivity index (χ0) is 17.8. The molecule has 0 N–H and O–H groups in total. The molecule has 3 aromatic heterocycles. The summed E-state index contributed by atoms with van der Waals surface area (Å²) >= 11 is 13.6. The molecule has 0 bridgehead atoms. The zero-order valence-electron chi connectivity index (χ0n) is 12.4. The molecule has 0 aliphatic carbocycles. The molecule has 4 aromatic rings. The number of thiophene rings is 1. The van der Waals surface area contributed by atoms with Crippen molar-refractivity contribution in [3.8, 4) is 10.4 Å². The molecule has 2 nitrogen and oxygen atoms in total. The van der Waals surface area contributed by atoms with Crippen molar-refractivity contribution in [3.63, 3.8) is 0 Å². The van der Waals surface area contributed by atoms with Gasteiger partial charge in [0.25, 0.3) is 0 Å². The molecule has 0 aliphatic rings. The van der Waals surface area contributed by atoms with Crippen LogP contribution in [-0.2, 0) is 6.54 Å². The van der Waals surface area contributed by atoms with Crippen molar-refractivity contribution < 1.29 is 13.2 Å². The van der Waals surface area contributed by atoms with Gasteiger partial charge in [-0.15, -0.1) is 11.3 Å². The molecule has 4 rings (SSSR count). The van der Waals surface area contributed by atoms with Crippen LogP contribution in [0.2, 0.25) is 9.36 Å². The molecule has 0 atom stereocenters. The number of hydrogen-bond acceptors (Lipinski definition) is 2. The number of nitrogens with zero attached hydrogens (tertiary/aromatic N) is 2. The maximum atomic E-state index is 13.2. The molecule has 0 saturated heterocycles. The lowest BCUT2D eigenvalue weighted by Gasteiger charge is -2.13. The fourth-order valence-corrected chi connectivity index (χ4v) is 4.31. The number of fused-ring (bicyclic) bond motifs is 3. The van der Waals surface area contributed by atoms with E-state index in [9.17, 15) is 13.2 Å². The predicted molar refractivity (Wildman–Crippen MR) is 96.6 cm³/mol. The minimum absolute atomic E-state index is 0.418. The van der Waals surface area contributed by atoms with Gasteiger partial charge in [0.05, 0.1) is 21.6 Å². The van der Waals surface area contributed by atoms with E-state index in [0.29, 0.717) is 36.7 Å². The van der Waals surface area contributed by atoms with E-state index in [0.717, 1.165) is 4.88 Å². The van der Waals surface area contributed by atoms with Gasteiger partial charge in [-0.05, 0) is 30.3 Å². The van der Waals surface area contributed by atoms with Crippen molar-refractivity contribution >= 4 is 56.3 Å². The topological polar surface area (TPSA) is 17.8 Å². The number of pyridine rings is 1. The molecule has 0 spiro atoms. The average molecular weight is 401 g/mol. The van der Waals surface area contributed by atoms with Gasteiger partial charge in [-0.2, -0.15) is 13.2 Å². The molecule has 0 saturated carbocycles. The highest BCUT2D eigenvalue weighted by molar-refractivity contribution is 7.19. The third-order valence-corrected chi connectivity index (χ3v) is 5.38. The van der Waals surface area contributed by atoms with Gasteiger partial charge in [-0.3, -0.25) is 4.98 Å². The van der Waals surface area contributed by atoms with E-state index in [1.807, 2.05) is 0 Å². The summed E-state index contributed by atoms with van der Waals surface area (Å²) in [7, 11) is 0. The minimum atomic E-state index is -4.36. The summed E-state index contributed by atoms with van der Waals surface area (Å²) in [6, 6.07) is 8.56. The standard InChI is InChI=1S/C17H9Cl2F3N2S/c18-9-5-11-10-3-4-23-7-13(10)24(8-17(20,21)22)16(11)12(6-9)14-1-2-15(19)25-14/h1-7H,8H2. The van der Waals surface area contributed by atoms with Crippen LogP contribution >= 0.6 is 34.5 Å². The second-order valence-electron chi connectivity index (χ2n) is 5.55. The summed E-state index contributed by atoms with van der Waals surface area (Å²) in [5.74, 6) is 0. The van der Waals surface area contributed by atoms with Gasteiger partial charge in [0.1, 0.15) is 6.54 Å². The van der Waals surface area contributed by atoms with E-state index in [1.165, 1.54) is 22.1 Å². The number of rotatable bonds is 2. The van der Waals surface area contributed by atoms with Crippen LogP contribution in [-0.4, -0.2) is 15.7 Å². The lowest BCUT2D eigenvalue weighted by Crippen LogP contribution is -2.17. The Bertz CT molecular complexity index is 1100. The first-order valence-corrected chi connectivity index (χ1v) is 8.79. The number of benzene rings is 1. The first kappa shape index (κ1) is 16.7. The molecule has 1 aromatic carbocycles. The number of alkyl halides is 3. The van der Waals surface area contributed by atoms with Crippen LogP contribution in [0.25, 0.3) is 32.2 Å². The van der Waals surface area contributed by atoms with Gasteiger partial charge in [-0.25, -0.2) is 0 Å². The second-order valence-corrected chi connectivity index (χ2v) is 7.70. The van der Waals surface area contributed by atoms with Gasteiger partial charge in [0.15, 0.2) is 0 Å². The largest absolute Gasteiger partial charge is 0.406 e. The van der Waals surface area contributed by atoms with Gasteiger partial charge < -0.3 is 4.57 Å². The summed E-state index contributed by atoms with van der Waals surface area (Å²) in [6.07, 6.45) is -1.36. The first-order chi connectivity index (χ1) is 11.8. The van der Waals surface area contributed by atoms with E-state index in [2.05, 4.69) is 4.98 Å². The normalized spacial score (nSPS) is 12.4. The third kappa shape index (κ3) is 2.99. The zero-order valence-corrected chi connectivity index (χ0v) is 14.8. The first-order valence-electron chi connectivity index (χ1n) is 7.21. The molecule has 0 amide bonds. The lowest BCUT2D eigenvalue weighted by atomic mass is 10.1. The molecular weight excluding hydrogens is 392 g/mol. The molecule has 8 heteroatoms. The predicted octanol–water partition coefficient (Wildman–Crippen LogP) is 6.79. The Morgan fingerprint density at radius 1 is 1.08 bits per heavy atom. The van der Waals surface area contributed by atoms with E-state index < -0.39 is 12.7 Å². The van der Waals surface area contributed by atoms with E-state index >= 15 is 0 Å². The average Bonchev–Trinajstić information content (AvgIpc) is 3.09. The Kier molecular flexibility index (Phi) is 3.94. The Morgan fingerprint density at radius 3 is 2.56 bits per heavy atom. The highest BCUT2D eigenvalue weighted by atomic mass is 35.5. The van der Waals surface area contributed by atoms with Crippen molar-refractivity contribution in [2.75, 3.05) is 0 Å². The summed E-state index contributed by atoms with van der Waals surface area (Å²) in [4.78, 5) is 4.75. The number of halogens is 5. The number of aromatic nitrogens is 2. The lowest BCUT2D eigenvalue weighted by molar-refractivity contribution is -0.139. The molecule has 128 valence electrons. The van der Waals surface area contributed by atoms with E-state index in [4.69, 9.17) is 23.2 Å². The smallest absolute Gasteiger partial charge is 0.329 e. The van der Waals surface area contributed by atoms with Gasteiger partial charge in [-0.1, -0.05) is 23.2 Å². The van der Waals surface area contributed by atoms with E-state index in [1.54, 1.807) is 36.5 Å². The summed E-state index contributed by atoms with van der Waals surface area (Å²) in [5, 5.41) is 1.80. The van der Waals surface area contributed by atoms with Crippen LogP contribution in [0.1, 0.15) is 0 Å². The Morgan fingerprint density at radius 2 is 1.88 bits per heavy atom. The molecule has 0 aliphatic heterocycles. The van der Waals surface area contributed by atoms with Crippen molar-refractivity contribution in [2.45, 2.75) is 12.7 Å². The van der Waals surface area contributed by atoms with Gasteiger partial charge >= 0.3 is 6.18 Å². The van der Waals surface area contributed by atoms with E-state index in [-0.39, 0.29) is 0 Å². The molecule has 0 radical (unpaired) electrons. The highest BCUT2D eigenvalue weighted by Gasteiger charge is 2.30. The third-order valence-electron chi connectivity index (χ3n) is 3.90. The quantitative estimate of drug-likeness (QED) is 0.362. The second kappa shape index (κ2) is 5.90. The van der Waals surface area contributed by atoms with Gasteiger partial charge in [0, 0.05) is 32.4 Å². The summed E-state index contributed by atoms with van der Waals surface area (Å²) < 4.78 is 41.4. The van der Waals surface area contributed by atoms with Gasteiger partial charge in [0.2, 0.25) is 0 Å². The molecule has 0 unspecified atom stereocenters. The van der Waals surface area contributed by atoms with Crippen molar-refractivity contribution in [3.05, 3.63) is 52.1 Å². The molecule has 3 heterocycles. The molecule has 0 fully saturated rings. The maximum absolute atomic E-state index is 13.2. The Balaban J connectivity index is 2.15. The minimum Gasteiger partial charge on any atom is -0.329 e. The van der Waals surface area contributed by atoms with Crippen LogP contribution in [0, 0.1) is 0 Å². The fourth-order valence-electron chi connectivity index (χ4n) is 3.04. The number of hydrogen-bond donors (Lipinski definition) is 0. The monoisotopic (exact) mass is 400 g/mol. The summed E-state index contributed by atoms with van der Waals surface area (Å²) in [5.41, 5.74) is 1.52. The highest BCUT2D eigenvalue weighted by Crippen LogP contribution is 2.42. The van der Waals surface area contributed by atoms with Crippen molar-refractivity contribution in [1.29, 1.82) is 0 Å². The SMILES string of the molecule is FC(F)(F)Cn1c2cnccc2c2cc(Cl)cc(-c3ccc(Cl)s3)c21. The van der Waals surface area contributed by atoms with Crippen LogP contribution in [0.3, 0.4) is 0 Å². The molecular formula is C17H9Cl2F3N2S. The van der Waals surface area contributed by atoms with Crippen molar-refractivity contribution in [1.82, 2.24) is 9.55 Å². The Hall–Kier alpha value is -1.76. The summed E-state index contributed by atoms with van der Waals surface area (Å²) in [6.45, 7) is -1.10. The maximum Gasteiger partial charge on any atom is 0.406 e. The molecule has 25 heavy (non-hydrogen) atoms. The van der Waals surface area contributed by atoms with Crippen molar-refractivity contribution in [2.24, 2.45) is 0 Å². The van der Waals surface area contributed by atoms with Crippen LogP contribution in [0.15, 0.2) is 42.7 Å². The van der Waals surface area contributed by atoms with Crippen LogP contribution in [0.4, 0.5) is 13.2 Å². The Labute approximate surface area is 154 Å². The van der Waals surface area contributed by atoms with Crippen LogP contribution < -0.4 is 0 Å². The fraction of sp³-hybridized carbons (Fsp3) is 0.118.